The Morgan fingerprint density at radius 3 is 2.56 bits per heavy atom. The van der Waals surface area contributed by atoms with E-state index < -0.39 is 5.85 Å². The number of carbonyl (C=O) groups excluding carboxylic acids is 1. The Balaban J connectivity index is 1.32. The van der Waals surface area contributed by atoms with E-state index in [1.54, 1.807) is 0 Å². The predicted molar refractivity (Wildman–Crippen MR) is 157 cm³/mol. The van der Waals surface area contributed by atoms with E-state index in [2.05, 4.69) is 39.4 Å². The second-order valence-electron chi connectivity index (χ2n) is 9.42. The van der Waals surface area contributed by atoms with Crippen molar-refractivity contribution in [2.75, 3.05) is 0 Å². The molecule has 0 bridgehead atoms. The highest BCUT2D eigenvalue weighted by Crippen LogP contribution is 2.53. The topological polar surface area (TPSA) is 63.2 Å². The lowest BCUT2D eigenvalue weighted by molar-refractivity contribution is -0.0949. The lowest BCUT2D eigenvalue weighted by atomic mass is 9.95. The predicted octanol–water partition coefficient (Wildman–Crippen LogP) is 7.94. The highest BCUT2D eigenvalue weighted by molar-refractivity contribution is 9.10. The normalized spacial score (nSPS) is 22.2. The zero-order valence-electron chi connectivity index (χ0n) is 20.6. The summed E-state index contributed by atoms with van der Waals surface area (Å²) in [7, 11) is 0. The number of benzene rings is 4. The van der Waals surface area contributed by atoms with E-state index in [0.717, 1.165) is 50.1 Å². The zero-order chi connectivity index (χ0) is 26.4. The fraction of sp³-hybridized carbons (Fsp3) is 0.0968. The van der Waals surface area contributed by atoms with Gasteiger partial charge in [-0.3, -0.25) is 10.1 Å². The van der Waals surface area contributed by atoms with Crippen LogP contribution in [-0.4, -0.2) is 21.8 Å². The van der Waals surface area contributed by atoms with Crippen LogP contribution in [-0.2, 0) is 0 Å². The maximum absolute atomic E-state index is 13.0. The molecule has 4 aromatic rings. The molecule has 2 atom stereocenters. The Labute approximate surface area is 238 Å². The molecular formula is C31H22BrN3O3S. The molecule has 0 aromatic heterocycles. The van der Waals surface area contributed by atoms with Crippen LogP contribution in [0.2, 0.25) is 0 Å². The summed E-state index contributed by atoms with van der Waals surface area (Å²) in [5.74, 6) is 0.917. The van der Waals surface area contributed by atoms with Crippen LogP contribution < -0.4 is 14.8 Å². The molecule has 7 rings (SSSR count). The number of nitrogens with zero attached hydrogens (tertiary/aromatic N) is 2. The molecule has 1 fully saturated rings. The molecule has 3 aliphatic heterocycles. The number of amides is 1. The molecule has 39 heavy (non-hydrogen) atoms. The summed E-state index contributed by atoms with van der Waals surface area (Å²) in [6.45, 7) is 0. The number of ether oxygens (including phenoxy) is 2. The summed E-state index contributed by atoms with van der Waals surface area (Å²) in [6.07, 6.45) is 2.66. The first kappa shape index (κ1) is 24.1. The Morgan fingerprint density at radius 2 is 1.74 bits per heavy atom. The molecule has 4 aromatic carbocycles. The van der Waals surface area contributed by atoms with E-state index >= 15 is 0 Å². The summed E-state index contributed by atoms with van der Waals surface area (Å²) in [5.41, 5.74) is 3.90. The first-order valence-electron chi connectivity index (χ1n) is 12.5. The Morgan fingerprint density at radius 1 is 0.974 bits per heavy atom. The van der Waals surface area contributed by atoms with Crippen molar-refractivity contribution in [1.29, 1.82) is 0 Å². The second kappa shape index (κ2) is 9.63. The van der Waals surface area contributed by atoms with Crippen LogP contribution in [0.15, 0.2) is 118 Å². The number of carbonyl (C=O) groups is 1. The van der Waals surface area contributed by atoms with Gasteiger partial charge in [0.1, 0.15) is 17.2 Å². The lowest BCUT2D eigenvalue weighted by Crippen LogP contribution is -2.61. The van der Waals surface area contributed by atoms with E-state index in [1.807, 2.05) is 96.0 Å². The molecule has 2 unspecified atom stereocenters. The highest BCUT2D eigenvalue weighted by Gasteiger charge is 2.58. The standard InChI is InChI=1S/C31H22BrN3O3S/c32-22-14-15-28-25(18-22)27-19-26(21-9-3-1-4-10-21)34-35(27)31(38-28)29(39-30(36)33-31)17-20-8-7-13-24(16-20)37-23-11-5-2-6-12-23/h1-18,27H,19H2,(H,33,36)/b29-17-. The number of fused-ring (bicyclic) bond motifs is 4. The van der Waals surface area contributed by atoms with Crippen molar-refractivity contribution in [1.82, 2.24) is 10.3 Å². The van der Waals surface area contributed by atoms with E-state index in [4.69, 9.17) is 14.6 Å². The van der Waals surface area contributed by atoms with Gasteiger partial charge in [0.25, 0.3) is 5.24 Å². The zero-order valence-corrected chi connectivity index (χ0v) is 23.0. The molecule has 8 heteroatoms. The van der Waals surface area contributed by atoms with Gasteiger partial charge in [0.2, 0.25) is 0 Å². The number of hydrazone groups is 1. The fourth-order valence-electron chi connectivity index (χ4n) is 5.14. The summed E-state index contributed by atoms with van der Waals surface area (Å²) in [4.78, 5) is 13.7. The summed E-state index contributed by atoms with van der Waals surface area (Å²) in [5, 5.41) is 9.88. The number of halogens is 1. The molecule has 192 valence electrons. The molecule has 1 N–H and O–H groups in total. The first-order valence-corrected chi connectivity index (χ1v) is 14.1. The average molecular weight is 597 g/mol. The van der Waals surface area contributed by atoms with Crippen LogP contribution in [0.1, 0.15) is 29.2 Å². The van der Waals surface area contributed by atoms with Gasteiger partial charge in [-0.25, -0.2) is 5.01 Å². The molecule has 6 nitrogen and oxygen atoms in total. The molecule has 0 aliphatic carbocycles. The molecular weight excluding hydrogens is 574 g/mol. The van der Waals surface area contributed by atoms with Crippen molar-refractivity contribution in [2.45, 2.75) is 18.3 Å². The van der Waals surface area contributed by atoms with Gasteiger partial charge < -0.3 is 9.47 Å². The quantitative estimate of drug-likeness (QED) is 0.259. The Kier molecular flexibility index (Phi) is 5.94. The van der Waals surface area contributed by atoms with E-state index in [9.17, 15) is 4.79 Å². The lowest BCUT2D eigenvalue weighted by Gasteiger charge is -2.45. The molecule has 3 heterocycles. The fourth-order valence-corrected chi connectivity index (χ4v) is 6.43. The van der Waals surface area contributed by atoms with Gasteiger partial charge in [-0.15, -0.1) is 0 Å². The monoisotopic (exact) mass is 595 g/mol. The van der Waals surface area contributed by atoms with Gasteiger partial charge in [-0.2, -0.15) is 5.10 Å². The summed E-state index contributed by atoms with van der Waals surface area (Å²) < 4.78 is 13.7. The van der Waals surface area contributed by atoms with Crippen LogP contribution in [0.4, 0.5) is 4.79 Å². The number of hydrogen-bond donors (Lipinski definition) is 1. The molecule has 1 amide bonds. The van der Waals surface area contributed by atoms with Gasteiger partial charge in [0, 0.05) is 16.5 Å². The Hall–Kier alpha value is -4.01. The summed E-state index contributed by atoms with van der Waals surface area (Å²) in [6, 6.07) is 33.4. The largest absolute Gasteiger partial charge is 0.457 e. The van der Waals surface area contributed by atoms with Crippen molar-refractivity contribution in [3.63, 3.8) is 0 Å². The number of rotatable bonds is 4. The third-order valence-corrected chi connectivity index (χ3v) is 8.27. The SMILES string of the molecule is O=C1NC2(Oc3ccc(Br)cc3C3CC(c4ccccc4)=NN32)/C(=C/c2cccc(Oc3ccccc3)c2)S1. The van der Waals surface area contributed by atoms with Gasteiger partial charge in [-0.1, -0.05) is 76.6 Å². The Bertz CT molecular complexity index is 1640. The van der Waals surface area contributed by atoms with Crippen LogP contribution in [0.3, 0.4) is 0 Å². The van der Waals surface area contributed by atoms with Crippen LogP contribution in [0, 0.1) is 0 Å². The van der Waals surface area contributed by atoms with Crippen molar-refractivity contribution >= 4 is 44.7 Å². The van der Waals surface area contributed by atoms with Crippen molar-refractivity contribution < 1.29 is 14.3 Å². The highest BCUT2D eigenvalue weighted by atomic mass is 79.9. The van der Waals surface area contributed by atoms with E-state index in [1.165, 1.54) is 0 Å². The van der Waals surface area contributed by atoms with E-state index in [0.29, 0.717) is 17.1 Å². The molecule has 3 aliphatic rings. The first-order chi connectivity index (χ1) is 19.1. The van der Waals surface area contributed by atoms with Gasteiger partial charge in [-0.05, 0) is 71.4 Å². The van der Waals surface area contributed by atoms with Crippen LogP contribution >= 0.6 is 27.7 Å². The molecule has 0 saturated carbocycles. The van der Waals surface area contributed by atoms with Crippen molar-refractivity contribution in [3.8, 4) is 17.2 Å². The average Bonchev–Trinajstić information content (AvgIpc) is 3.53. The van der Waals surface area contributed by atoms with Crippen LogP contribution in [0.5, 0.6) is 17.2 Å². The smallest absolute Gasteiger partial charge is 0.314 e. The second-order valence-corrected chi connectivity index (χ2v) is 11.3. The van der Waals surface area contributed by atoms with Gasteiger partial charge in [0.15, 0.2) is 0 Å². The number of nitrogens with one attached hydrogen (secondary N) is 1. The minimum absolute atomic E-state index is 0.114. The van der Waals surface area contributed by atoms with Gasteiger partial charge in [0.05, 0.1) is 16.7 Å². The van der Waals surface area contributed by atoms with Gasteiger partial charge >= 0.3 is 5.85 Å². The van der Waals surface area contributed by atoms with Crippen molar-refractivity contribution in [3.05, 3.63) is 129 Å². The number of thioether (sulfide) groups is 1. The number of hydrogen-bond acceptors (Lipinski definition) is 6. The molecule has 1 saturated heterocycles. The van der Waals surface area contributed by atoms with Crippen LogP contribution in [0.25, 0.3) is 6.08 Å². The maximum atomic E-state index is 13.0. The summed E-state index contributed by atoms with van der Waals surface area (Å²) >= 11 is 4.73. The third-order valence-electron chi connectivity index (χ3n) is 6.87. The maximum Gasteiger partial charge on any atom is 0.314 e. The minimum atomic E-state index is -1.26. The third kappa shape index (κ3) is 4.39. The minimum Gasteiger partial charge on any atom is -0.457 e. The number of para-hydroxylation sites is 1. The van der Waals surface area contributed by atoms with Crippen molar-refractivity contribution in [2.24, 2.45) is 5.10 Å². The van der Waals surface area contributed by atoms with E-state index in [-0.39, 0.29) is 11.3 Å². The molecule has 1 spiro atoms. The molecule has 0 radical (unpaired) electrons.